The van der Waals surface area contributed by atoms with E-state index in [1.165, 1.54) is 16.0 Å². The molecule has 4 amide bonds. The number of amides is 4. The van der Waals surface area contributed by atoms with Gasteiger partial charge in [0.15, 0.2) is 5.96 Å². The molecule has 206 valence electrons. The maximum Gasteiger partial charge on any atom is 0.325 e. The molecule has 1 unspecified atom stereocenters. The number of aliphatic imine (C=N–C) groups is 1. The lowest BCUT2D eigenvalue weighted by molar-refractivity contribution is -0.143. The summed E-state index contributed by atoms with van der Waals surface area (Å²) >= 11 is 0. The van der Waals surface area contributed by atoms with Gasteiger partial charge >= 0.3 is 6.03 Å². The molecule has 2 atom stereocenters. The molecule has 1 spiro atoms. The molecule has 0 saturated carbocycles. The Morgan fingerprint density at radius 3 is 2.49 bits per heavy atom. The molecule has 2 fully saturated rings. The maximum atomic E-state index is 14.0. The Morgan fingerprint density at radius 2 is 1.74 bits per heavy atom. The lowest BCUT2D eigenvalue weighted by atomic mass is 9.73. The van der Waals surface area contributed by atoms with Crippen molar-refractivity contribution < 1.29 is 14.4 Å². The number of imide groups is 1. The van der Waals surface area contributed by atoms with E-state index in [1.807, 2.05) is 35.2 Å². The van der Waals surface area contributed by atoms with Crippen molar-refractivity contribution in [2.45, 2.75) is 68.9 Å². The first-order valence-electron chi connectivity index (χ1n) is 14.0. The highest BCUT2D eigenvalue weighted by atomic mass is 16.2. The van der Waals surface area contributed by atoms with E-state index in [0.717, 1.165) is 31.2 Å². The molecule has 2 heterocycles. The van der Waals surface area contributed by atoms with Gasteiger partial charge in [-0.25, -0.2) is 9.69 Å². The van der Waals surface area contributed by atoms with E-state index < -0.39 is 18.1 Å². The summed E-state index contributed by atoms with van der Waals surface area (Å²) in [5, 5.41) is 2.78. The molecule has 9 nitrogen and oxygen atoms in total. The number of nitrogens with zero attached hydrogens (tertiary/aromatic N) is 3. The normalized spacial score (nSPS) is 20.6. The number of hydrogen-bond donors (Lipinski definition) is 3. The molecule has 5 rings (SSSR count). The second kappa shape index (κ2) is 11.5. The Kier molecular flexibility index (Phi) is 7.86. The largest absolute Gasteiger partial charge is 0.370 e. The quantitative estimate of drug-likeness (QED) is 0.198. The average molecular weight is 531 g/mol. The van der Waals surface area contributed by atoms with E-state index in [0.29, 0.717) is 45.3 Å². The Balaban J connectivity index is 1.30. The van der Waals surface area contributed by atoms with Gasteiger partial charge in [0.2, 0.25) is 5.91 Å². The first-order valence-corrected chi connectivity index (χ1v) is 14.0. The van der Waals surface area contributed by atoms with Crippen LogP contribution in [0.25, 0.3) is 0 Å². The highest BCUT2D eigenvalue weighted by Crippen LogP contribution is 2.46. The molecule has 9 heteroatoms. The molecule has 2 saturated heterocycles. The molecular weight excluding hydrogens is 492 g/mol. The second-order valence-corrected chi connectivity index (χ2v) is 11.0. The third kappa shape index (κ3) is 5.62. The molecule has 0 aromatic heterocycles. The van der Waals surface area contributed by atoms with E-state index in [-0.39, 0.29) is 23.2 Å². The van der Waals surface area contributed by atoms with E-state index in [9.17, 15) is 14.4 Å². The Hall–Kier alpha value is -3.88. The molecule has 0 bridgehead atoms. The summed E-state index contributed by atoms with van der Waals surface area (Å²) < 4.78 is 0. The number of rotatable bonds is 9. The number of nitrogens with one attached hydrogen (secondary N) is 1. The molecular formula is C30H38N6O3. The van der Waals surface area contributed by atoms with Crippen molar-refractivity contribution in [1.82, 2.24) is 15.1 Å². The summed E-state index contributed by atoms with van der Waals surface area (Å²) in [6, 6.07) is 16.5. The number of carbonyl (C=O) groups excluding carboxylic acids is 3. The third-order valence-corrected chi connectivity index (χ3v) is 8.64. The minimum absolute atomic E-state index is 0.00520. The van der Waals surface area contributed by atoms with Crippen LogP contribution in [0.15, 0.2) is 59.6 Å². The Morgan fingerprint density at radius 1 is 1.03 bits per heavy atom. The van der Waals surface area contributed by atoms with Gasteiger partial charge in [0.1, 0.15) is 12.1 Å². The van der Waals surface area contributed by atoms with Crippen molar-refractivity contribution >= 4 is 23.8 Å². The fourth-order valence-electron chi connectivity index (χ4n) is 6.50. The summed E-state index contributed by atoms with van der Waals surface area (Å²) in [6.45, 7) is 1.62. The Bertz CT molecular complexity index is 1230. The molecule has 2 aromatic carbocycles. The molecule has 2 aromatic rings. The first-order chi connectivity index (χ1) is 18.9. The number of fused-ring (bicyclic) bond motifs is 2. The third-order valence-electron chi connectivity index (χ3n) is 8.64. The van der Waals surface area contributed by atoms with E-state index >= 15 is 0 Å². The minimum Gasteiger partial charge on any atom is -0.370 e. The first kappa shape index (κ1) is 26.7. The van der Waals surface area contributed by atoms with Crippen LogP contribution in [-0.2, 0) is 27.8 Å². The minimum atomic E-state index is -0.842. The molecule has 2 aliphatic heterocycles. The highest BCUT2D eigenvalue weighted by molar-refractivity contribution is 6.07. The Labute approximate surface area is 229 Å². The predicted molar refractivity (Wildman–Crippen MR) is 150 cm³/mol. The number of nitrogens with two attached hydrogens (primary N) is 2. The van der Waals surface area contributed by atoms with Crippen molar-refractivity contribution in [3.63, 3.8) is 0 Å². The number of aryl methyl sites for hydroxylation is 2. The number of likely N-dealkylation sites (tertiary alicyclic amines) is 1. The van der Waals surface area contributed by atoms with Crippen molar-refractivity contribution in [2.24, 2.45) is 16.5 Å². The number of benzene rings is 2. The lowest BCUT2D eigenvalue weighted by Crippen LogP contribution is -2.54. The maximum absolute atomic E-state index is 14.0. The van der Waals surface area contributed by atoms with Gasteiger partial charge in [0.05, 0.1) is 0 Å². The smallest absolute Gasteiger partial charge is 0.325 e. The number of carbonyl (C=O) groups is 3. The predicted octanol–water partition coefficient (Wildman–Crippen LogP) is 2.47. The molecule has 39 heavy (non-hydrogen) atoms. The van der Waals surface area contributed by atoms with Gasteiger partial charge in [-0.15, -0.1) is 0 Å². The van der Waals surface area contributed by atoms with Gasteiger partial charge in [-0.2, -0.15) is 0 Å². The summed E-state index contributed by atoms with van der Waals surface area (Å²) in [5.41, 5.74) is 14.8. The summed E-state index contributed by atoms with van der Waals surface area (Å²) in [6.07, 6.45) is 5.91. The standard InChI is InChI=1S/C30H38N6O3/c31-28(32)33-18-6-11-24-26(37)36(29(39)34-24)25(13-12-21-7-2-1-3-8-21)27(38)35-19-16-30(17-20-35)15-14-22-9-4-5-10-23(22)30/h1-5,7-10,24-25H,6,11-20H2,(H,34,39)(H4,31,32,33)/t24-,25?/m1/s1. The fraction of sp³-hybridized carbons (Fsp3) is 0.467. The average Bonchev–Trinajstić information content (AvgIpc) is 3.44. The number of urea groups is 1. The van der Waals surface area contributed by atoms with Crippen molar-refractivity contribution in [2.75, 3.05) is 19.6 Å². The lowest BCUT2D eigenvalue weighted by Gasteiger charge is -2.42. The van der Waals surface area contributed by atoms with Gasteiger partial charge in [-0.1, -0.05) is 54.6 Å². The van der Waals surface area contributed by atoms with Crippen LogP contribution < -0.4 is 16.8 Å². The van der Waals surface area contributed by atoms with Crippen LogP contribution in [0, 0.1) is 0 Å². The van der Waals surface area contributed by atoms with E-state index in [1.54, 1.807) is 0 Å². The van der Waals surface area contributed by atoms with E-state index in [2.05, 4.69) is 34.6 Å². The van der Waals surface area contributed by atoms with Gasteiger partial charge in [-0.05, 0) is 73.5 Å². The van der Waals surface area contributed by atoms with Crippen LogP contribution in [0.3, 0.4) is 0 Å². The van der Waals surface area contributed by atoms with Gasteiger partial charge in [0, 0.05) is 19.6 Å². The topological polar surface area (TPSA) is 134 Å². The zero-order chi connectivity index (χ0) is 27.4. The zero-order valence-corrected chi connectivity index (χ0v) is 22.4. The van der Waals surface area contributed by atoms with Crippen molar-refractivity contribution in [1.29, 1.82) is 0 Å². The highest BCUT2D eigenvalue weighted by Gasteiger charge is 2.47. The van der Waals surface area contributed by atoms with Crippen LogP contribution in [0.4, 0.5) is 4.79 Å². The molecule has 3 aliphatic rings. The molecule has 5 N–H and O–H groups in total. The number of hydrogen-bond acceptors (Lipinski definition) is 4. The number of guanidine groups is 1. The summed E-state index contributed by atoms with van der Waals surface area (Å²) in [7, 11) is 0. The van der Waals surface area contributed by atoms with E-state index in [4.69, 9.17) is 11.5 Å². The van der Waals surface area contributed by atoms with Crippen LogP contribution in [0.1, 0.15) is 55.2 Å². The molecule has 1 aliphatic carbocycles. The van der Waals surface area contributed by atoms with Crippen LogP contribution in [0.2, 0.25) is 0 Å². The zero-order valence-electron chi connectivity index (χ0n) is 22.4. The summed E-state index contributed by atoms with van der Waals surface area (Å²) in [4.78, 5) is 47.5. The number of piperidine rings is 1. The SMILES string of the molecule is NC(N)=NCCC[C@H]1NC(=O)N(C(CCc2ccccc2)C(=O)N2CCC3(CCc4ccccc43)CC2)C1=O. The fourth-order valence-corrected chi connectivity index (χ4v) is 6.50. The molecule has 0 radical (unpaired) electrons. The van der Waals surface area contributed by atoms with Gasteiger partial charge in [-0.3, -0.25) is 14.6 Å². The monoisotopic (exact) mass is 530 g/mol. The van der Waals surface area contributed by atoms with Crippen LogP contribution in [-0.4, -0.2) is 65.3 Å². The summed E-state index contributed by atoms with van der Waals surface area (Å²) in [5.74, 6) is -0.500. The van der Waals surface area contributed by atoms with Crippen LogP contribution in [0.5, 0.6) is 0 Å². The van der Waals surface area contributed by atoms with Crippen molar-refractivity contribution in [3.05, 3.63) is 71.3 Å². The van der Waals surface area contributed by atoms with Gasteiger partial charge < -0.3 is 21.7 Å². The van der Waals surface area contributed by atoms with Crippen molar-refractivity contribution in [3.8, 4) is 0 Å². The second-order valence-electron chi connectivity index (χ2n) is 11.0. The van der Waals surface area contributed by atoms with Crippen LogP contribution >= 0.6 is 0 Å². The van der Waals surface area contributed by atoms with Gasteiger partial charge in [0.25, 0.3) is 5.91 Å².